The molecule has 0 radical (unpaired) electrons. The van der Waals surface area contributed by atoms with Crippen LogP contribution in [-0.4, -0.2) is 37.0 Å². The minimum atomic E-state index is 0. The van der Waals surface area contributed by atoms with Crippen molar-refractivity contribution < 1.29 is 0 Å². The Bertz CT molecular complexity index is 505. The van der Waals surface area contributed by atoms with Crippen LogP contribution in [-0.2, 0) is 13.1 Å². The van der Waals surface area contributed by atoms with E-state index in [-0.39, 0.29) is 24.0 Å². The summed E-state index contributed by atoms with van der Waals surface area (Å²) in [6.45, 7) is 11.6. The van der Waals surface area contributed by atoms with Gasteiger partial charge in [-0.3, -0.25) is 4.90 Å². The van der Waals surface area contributed by atoms with Gasteiger partial charge in [-0.25, -0.2) is 4.99 Å². The van der Waals surface area contributed by atoms with Gasteiger partial charge in [-0.15, -0.1) is 30.6 Å². The fraction of sp³-hybridized carbons (Fsp3) is 0.550. The Kier molecular flexibility index (Phi) is 11.6. The molecule has 1 aliphatic heterocycles. The molecule has 1 aliphatic rings. The molecule has 0 bridgehead atoms. The van der Waals surface area contributed by atoms with E-state index < -0.39 is 0 Å². The minimum Gasteiger partial charge on any atom is -0.357 e. The number of hydrogen-bond acceptors (Lipinski definition) is 2. The Balaban J connectivity index is 0.00000312. The standard InChI is InChI=1S/C20H32N4.HI/c1-3-13-22-20(21-4-2)23-16-18-9-11-19(12-10-18)17-24-14-7-5-6-8-15-24;/h3,9-12H,1,4-8,13-17H2,2H3,(H2,21,22,23);1H. The second-order valence-electron chi connectivity index (χ2n) is 6.37. The maximum Gasteiger partial charge on any atom is 0.191 e. The highest BCUT2D eigenvalue weighted by atomic mass is 127. The molecule has 5 heteroatoms. The molecule has 0 unspecified atom stereocenters. The Labute approximate surface area is 170 Å². The van der Waals surface area contributed by atoms with E-state index in [2.05, 4.69) is 58.3 Å². The largest absolute Gasteiger partial charge is 0.357 e. The maximum atomic E-state index is 4.62. The third-order valence-electron chi connectivity index (χ3n) is 4.31. The highest BCUT2D eigenvalue weighted by molar-refractivity contribution is 14.0. The van der Waals surface area contributed by atoms with Gasteiger partial charge in [0.15, 0.2) is 5.96 Å². The van der Waals surface area contributed by atoms with Crippen LogP contribution >= 0.6 is 24.0 Å². The number of aliphatic imine (C=N–C) groups is 1. The lowest BCUT2D eigenvalue weighted by atomic mass is 10.1. The molecule has 1 aromatic rings. The van der Waals surface area contributed by atoms with E-state index >= 15 is 0 Å². The summed E-state index contributed by atoms with van der Waals surface area (Å²) >= 11 is 0. The summed E-state index contributed by atoms with van der Waals surface area (Å²) in [5.41, 5.74) is 2.65. The van der Waals surface area contributed by atoms with Gasteiger partial charge in [0.05, 0.1) is 6.54 Å². The Morgan fingerprint density at radius 2 is 1.72 bits per heavy atom. The van der Waals surface area contributed by atoms with E-state index in [0.29, 0.717) is 6.54 Å². The van der Waals surface area contributed by atoms with Crippen molar-refractivity contribution in [2.24, 2.45) is 4.99 Å². The number of likely N-dealkylation sites (tertiary alicyclic amines) is 1. The molecule has 1 saturated heterocycles. The van der Waals surface area contributed by atoms with E-state index in [4.69, 9.17) is 0 Å². The zero-order chi connectivity index (χ0) is 17.0. The smallest absolute Gasteiger partial charge is 0.191 e. The molecule has 2 rings (SSSR count). The van der Waals surface area contributed by atoms with Crippen LogP contribution in [0.25, 0.3) is 0 Å². The molecule has 25 heavy (non-hydrogen) atoms. The average molecular weight is 456 g/mol. The Morgan fingerprint density at radius 3 is 2.32 bits per heavy atom. The molecule has 0 amide bonds. The Morgan fingerprint density at radius 1 is 1.08 bits per heavy atom. The molecule has 2 N–H and O–H groups in total. The highest BCUT2D eigenvalue weighted by Gasteiger charge is 2.09. The predicted molar refractivity (Wildman–Crippen MR) is 119 cm³/mol. The number of benzene rings is 1. The monoisotopic (exact) mass is 456 g/mol. The molecule has 140 valence electrons. The molecule has 1 heterocycles. The van der Waals surface area contributed by atoms with Gasteiger partial charge in [0.25, 0.3) is 0 Å². The molecular weight excluding hydrogens is 423 g/mol. The summed E-state index contributed by atoms with van der Waals surface area (Å²) in [7, 11) is 0. The first-order chi connectivity index (χ1) is 11.8. The summed E-state index contributed by atoms with van der Waals surface area (Å²) in [5.74, 6) is 0.839. The van der Waals surface area contributed by atoms with Crippen molar-refractivity contribution in [2.45, 2.75) is 45.7 Å². The number of nitrogens with one attached hydrogen (secondary N) is 2. The van der Waals surface area contributed by atoms with Crippen molar-refractivity contribution in [2.75, 3.05) is 26.2 Å². The summed E-state index contributed by atoms with van der Waals surface area (Å²) in [5, 5.41) is 6.47. The molecule has 0 aliphatic carbocycles. The molecule has 0 spiro atoms. The third-order valence-corrected chi connectivity index (χ3v) is 4.31. The normalized spacial score (nSPS) is 15.8. The maximum absolute atomic E-state index is 4.62. The lowest BCUT2D eigenvalue weighted by molar-refractivity contribution is 0.277. The van der Waals surface area contributed by atoms with Crippen molar-refractivity contribution in [1.82, 2.24) is 15.5 Å². The molecular formula is C20H33IN4. The lowest BCUT2D eigenvalue weighted by Crippen LogP contribution is -2.37. The topological polar surface area (TPSA) is 39.7 Å². The molecule has 0 atom stereocenters. The van der Waals surface area contributed by atoms with Gasteiger partial charge in [0.2, 0.25) is 0 Å². The van der Waals surface area contributed by atoms with Crippen molar-refractivity contribution >= 4 is 29.9 Å². The fourth-order valence-electron chi connectivity index (χ4n) is 2.98. The van der Waals surface area contributed by atoms with Crippen molar-refractivity contribution in [3.05, 3.63) is 48.0 Å². The van der Waals surface area contributed by atoms with Crippen LogP contribution in [0, 0.1) is 0 Å². The first-order valence-electron chi connectivity index (χ1n) is 9.25. The van der Waals surface area contributed by atoms with Crippen LogP contribution in [0.1, 0.15) is 43.7 Å². The summed E-state index contributed by atoms with van der Waals surface area (Å²) in [6.07, 6.45) is 7.31. The van der Waals surface area contributed by atoms with Crippen LogP contribution in [0.15, 0.2) is 41.9 Å². The summed E-state index contributed by atoms with van der Waals surface area (Å²) in [6, 6.07) is 8.90. The zero-order valence-corrected chi connectivity index (χ0v) is 17.8. The predicted octanol–water partition coefficient (Wildman–Crippen LogP) is 3.92. The average Bonchev–Trinajstić information content (AvgIpc) is 2.87. The number of rotatable bonds is 7. The van der Waals surface area contributed by atoms with Crippen LogP contribution in [0.3, 0.4) is 0 Å². The number of halogens is 1. The van der Waals surface area contributed by atoms with Gasteiger partial charge in [0.1, 0.15) is 0 Å². The van der Waals surface area contributed by atoms with Crippen LogP contribution in [0.5, 0.6) is 0 Å². The van der Waals surface area contributed by atoms with E-state index in [1.165, 1.54) is 49.9 Å². The van der Waals surface area contributed by atoms with Crippen molar-refractivity contribution in [3.63, 3.8) is 0 Å². The van der Waals surface area contributed by atoms with Gasteiger partial charge in [-0.05, 0) is 44.0 Å². The highest BCUT2D eigenvalue weighted by Crippen LogP contribution is 2.14. The van der Waals surface area contributed by atoms with Gasteiger partial charge >= 0.3 is 0 Å². The fourth-order valence-corrected chi connectivity index (χ4v) is 2.98. The Hall–Kier alpha value is -1.08. The van der Waals surface area contributed by atoms with Crippen LogP contribution < -0.4 is 10.6 Å². The van der Waals surface area contributed by atoms with Gasteiger partial charge in [0, 0.05) is 19.6 Å². The van der Waals surface area contributed by atoms with Gasteiger partial charge < -0.3 is 10.6 Å². The van der Waals surface area contributed by atoms with E-state index in [0.717, 1.165) is 25.6 Å². The SMILES string of the molecule is C=CCNC(=NCc1ccc(CN2CCCCCC2)cc1)NCC.I. The van der Waals surface area contributed by atoms with E-state index in [1.54, 1.807) is 0 Å². The van der Waals surface area contributed by atoms with E-state index in [1.807, 2.05) is 6.08 Å². The first-order valence-corrected chi connectivity index (χ1v) is 9.25. The number of nitrogens with zero attached hydrogens (tertiary/aromatic N) is 2. The second-order valence-corrected chi connectivity index (χ2v) is 6.37. The van der Waals surface area contributed by atoms with Crippen LogP contribution in [0.4, 0.5) is 0 Å². The summed E-state index contributed by atoms with van der Waals surface area (Å²) < 4.78 is 0. The van der Waals surface area contributed by atoms with E-state index in [9.17, 15) is 0 Å². The summed E-state index contributed by atoms with van der Waals surface area (Å²) in [4.78, 5) is 7.20. The van der Waals surface area contributed by atoms with Crippen LogP contribution in [0.2, 0.25) is 0 Å². The molecule has 1 aromatic carbocycles. The van der Waals surface area contributed by atoms with Crippen molar-refractivity contribution in [3.8, 4) is 0 Å². The molecule has 1 fully saturated rings. The molecule has 4 nitrogen and oxygen atoms in total. The van der Waals surface area contributed by atoms with Gasteiger partial charge in [-0.2, -0.15) is 0 Å². The molecule has 0 saturated carbocycles. The number of hydrogen-bond donors (Lipinski definition) is 2. The van der Waals surface area contributed by atoms with Crippen molar-refractivity contribution in [1.29, 1.82) is 0 Å². The zero-order valence-electron chi connectivity index (χ0n) is 15.5. The third kappa shape index (κ3) is 8.72. The lowest BCUT2D eigenvalue weighted by Gasteiger charge is -2.19. The molecule has 0 aromatic heterocycles. The minimum absolute atomic E-state index is 0. The quantitative estimate of drug-likeness (QED) is 0.283. The van der Waals surface area contributed by atoms with Gasteiger partial charge in [-0.1, -0.05) is 43.2 Å². The number of guanidine groups is 1. The first kappa shape index (κ1) is 22.0. The second kappa shape index (κ2) is 13.2.